The molecule has 1 amide bonds. The Kier molecular flexibility index (Phi) is 5.75. The van der Waals surface area contributed by atoms with Crippen LogP contribution in [0.2, 0.25) is 0 Å². The molecule has 0 atom stereocenters. The molecule has 7 nitrogen and oxygen atoms in total. The van der Waals surface area contributed by atoms with Crippen LogP contribution in [0.3, 0.4) is 0 Å². The SMILES string of the molecule is COC(=O)Cc1sc(NC(=O)c2cc(OC)cc(OC)c2)nc1C. The van der Waals surface area contributed by atoms with E-state index in [0.717, 1.165) is 4.88 Å². The van der Waals surface area contributed by atoms with Crippen LogP contribution in [0.15, 0.2) is 18.2 Å². The van der Waals surface area contributed by atoms with Crippen molar-refractivity contribution in [2.24, 2.45) is 0 Å². The number of benzene rings is 1. The molecule has 8 heteroatoms. The van der Waals surface area contributed by atoms with E-state index < -0.39 is 0 Å². The second kappa shape index (κ2) is 7.78. The van der Waals surface area contributed by atoms with Crippen LogP contribution < -0.4 is 14.8 Å². The number of hydrogen-bond acceptors (Lipinski definition) is 7. The number of nitrogens with zero attached hydrogens (tertiary/aromatic N) is 1. The minimum Gasteiger partial charge on any atom is -0.497 e. The average molecular weight is 350 g/mol. The van der Waals surface area contributed by atoms with Crippen LogP contribution in [0.25, 0.3) is 0 Å². The van der Waals surface area contributed by atoms with Crippen molar-refractivity contribution in [2.75, 3.05) is 26.6 Å². The van der Waals surface area contributed by atoms with Gasteiger partial charge >= 0.3 is 5.97 Å². The normalized spacial score (nSPS) is 10.2. The molecule has 1 aromatic heterocycles. The third-order valence-corrected chi connectivity index (χ3v) is 4.33. The number of carbonyl (C=O) groups excluding carboxylic acids is 2. The molecule has 1 aromatic carbocycles. The smallest absolute Gasteiger partial charge is 0.310 e. The van der Waals surface area contributed by atoms with Gasteiger partial charge in [0.25, 0.3) is 5.91 Å². The maximum absolute atomic E-state index is 12.4. The first-order valence-corrected chi connectivity index (χ1v) is 7.86. The van der Waals surface area contributed by atoms with Crippen LogP contribution in [0.4, 0.5) is 5.13 Å². The minimum atomic E-state index is -0.350. The fourth-order valence-electron chi connectivity index (χ4n) is 1.96. The van der Waals surface area contributed by atoms with Gasteiger partial charge in [0.1, 0.15) is 11.5 Å². The van der Waals surface area contributed by atoms with Crippen molar-refractivity contribution in [3.63, 3.8) is 0 Å². The zero-order valence-electron chi connectivity index (χ0n) is 13.8. The summed E-state index contributed by atoms with van der Waals surface area (Å²) >= 11 is 1.24. The molecule has 0 aliphatic carbocycles. The molecule has 2 aromatic rings. The molecule has 2 rings (SSSR count). The summed E-state index contributed by atoms with van der Waals surface area (Å²) in [7, 11) is 4.36. The van der Waals surface area contributed by atoms with Crippen molar-refractivity contribution in [3.8, 4) is 11.5 Å². The number of aromatic nitrogens is 1. The summed E-state index contributed by atoms with van der Waals surface area (Å²) in [6.45, 7) is 1.78. The van der Waals surface area contributed by atoms with Crippen molar-refractivity contribution < 1.29 is 23.8 Å². The van der Waals surface area contributed by atoms with Gasteiger partial charge in [-0.3, -0.25) is 14.9 Å². The summed E-state index contributed by atoms with van der Waals surface area (Å²) < 4.78 is 14.9. The van der Waals surface area contributed by atoms with E-state index in [1.54, 1.807) is 25.1 Å². The molecule has 0 aliphatic heterocycles. The van der Waals surface area contributed by atoms with Gasteiger partial charge in [-0.25, -0.2) is 4.98 Å². The largest absolute Gasteiger partial charge is 0.497 e. The second-order valence-electron chi connectivity index (χ2n) is 4.84. The predicted octanol–water partition coefficient (Wildman–Crippen LogP) is 2.44. The van der Waals surface area contributed by atoms with Gasteiger partial charge in [0.2, 0.25) is 0 Å². The molecule has 0 unspecified atom stereocenters. The van der Waals surface area contributed by atoms with Gasteiger partial charge in [-0.15, -0.1) is 11.3 Å². The summed E-state index contributed by atoms with van der Waals surface area (Å²) in [5.74, 6) is 0.338. The van der Waals surface area contributed by atoms with Gasteiger partial charge in [-0.05, 0) is 19.1 Å². The van der Waals surface area contributed by atoms with Gasteiger partial charge in [0.15, 0.2) is 5.13 Å². The lowest BCUT2D eigenvalue weighted by molar-refractivity contribution is -0.139. The second-order valence-corrected chi connectivity index (χ2v) is 5.92. The van der Waals surface area contributed by atoms with Crippen LogP contribution in [-0.2, 0) is 16.0 Å². The van der Waals surface area contributed by atoms with Gasteiger partial charge in [-0.2, -0.15) is 0 Å². The summed E-state index contributed by atoms with van der Waals surface area (Å²) in [4.78, 5) is 28.8. The number of rotatable bonds is 6. The van der Waals surface area contributed by atoms with Crippen molar-refractivity contribution >= 4 is 28.3 Å². The number of thiazole rings is 1. The van der Waals surface area contributed by atoms with Crippen LogP contribution in [0, 0.1) is 6.92 Å². The number of nitrogens with one attached hydrogen (secondary N) is 1. The molecule has 128 valence electrons. The number of anilines is 1. The quantitative estimate of drug-likeness (QED) is 0.805. The third-order valence-electron chi connectivity index (χ3n) is 3.26. The zero-order chi connectivity index (χ0) is 17.7. The van der Waals surface area contributed by atoms with Crippen molar-refractivity contribution in [2.45, 2.75) is 13.3 Å². The lowest BCUT2D eigenvalue weighted by Gasteiger charge is -2.08. The third kappa shape index (κ3) is 4.23. The number of hydrogen-bond donors (Lipinski definition) is 1. The first-order valence-electron chi connectivity index (χ1n) is 7.04. The van der Waals surface area contributed by atoms with Crippen molar-refractivity contribution in [1.29, 1.82) is 0 Å². The van der Waals surface area contributed by atoms with Crippen LogP contribution in [0.5, 0.6) is 11.5 Å². The molecule has 0 bridgehead atoms. The van der Waals surface area contributed by atoms with Crippen LogP contribution in [0.1, 0.15) is 20.9 Å². The van der Waals surface area contributed by atoms with Gasteiger partial charge in [0.05, 0.1) is 33.4 Å². The highest BCUT2D eigenvalue weighted by atomic mass is 32.1. The fraction of sp³-hybridized carbons (Fsp3) is 0.312. The van der Waals surface area contributed by atoms with Gasteiger partial charge in [0, 0.05) is 16.5 Å². The Balaban J connectivity index is 2.18. The maximum Gasteiger partial charge on any atom is 0.310 e. The highest BCUT2D eigenvalue weighted by molar-refractivity contribution is 7.16. The van der Waals surface area contributed by atoms with E-state index in [1.807, 2.05) is 0 Å². The monoisotopic (exact) mass is 350 g/mol. The van der Waals surface area contributed by atoms with Gasteiger partial charge < -0.3 is 14.2 Å². The Morgan fingerprint density at radius 2 is 1.75 bits per heavy atom. The van der Waals surface area contributed by atoms with Crippen molar-refractivity contribution in [3.05, 3.63) is 34.3 Å². The first kappa shape index (κ1) is 17.7. The molecule has 0 radical (unpaired) electrons. The minimum absolute atomic E-state index is 0.128. The molecule has 0 spiro atoms. The first-order chi connectivity index (χ1) is 11.5. The Bertz CT molecular complexity index is 735. The molecule has 1 N–H and O–H groups in total. The lowest BCUT2D eigenvalue weighted by atomic mass is 10.2. The van der Waals surface area contributed by atoms with Crippen molar-refractivity contribution in [1.82, 2.24) is 4.98 Å². The van der Waals surface area contributed by atoms with Gasteiger partial charge in [-0.1, -0.05) is 0 Å². The number of carbonyl (C=O) groups is 2. The van der Waals surface area contributed by atoms with E-state index in [9.17, 15) is 9.59 Å². The zero-order valence-corrected chi connectivity index (χ0v) is 14.7. The van der Waals surface area contributed by atoms with E-state index in [0.29, 0.717) is 27.9 Å². The highest BCUT2D eigenvalue weighted by Crippen LogP contribution is 2.26. The molecule has 24 heavy (non-hydrogen) atoms. The number of aryl methyl sites for hydroxylation is 1. The number of amides is 1. The molecule has 0 fully saturated rings. The fourth-order valence-corrected chi connectivity index (χ4v) is 2.90. The lowest BCUT2D eigenvalue weighted by Crippen LogP contribution is -2.12. The molecule has 1 heterocycles. The molecule has 0 aliphatic rings. The van der Waals surface area contributed by atoms with E-state index in [4.69, 9.17) is 9.47 Å². The number of esters is 1. The molecule has 0 saturated carbocycles. The topological polar surface area (TPSA) is 86.8 Å². The van der Waals surface area contributed by atoms with E-state index in [2.05, 4.69) is 15.0 Å². The predicted molar refractivity (Wildman–Crippen MR) is 90.1 cm³/mol. The number of methoxy groups -OCH3 is 3. The molecule has 0 saturated heterocycles. The Morgan fingerprint density at radius 1 is 1.12 bits per heavy atom. The van der Waals surface area contributed by atoms with Crippen LogP contribution >= 0.6 is 11.3 Å². The maximum atomic E-state index is 12.4. The highest BCUT2D eigenvalue weighted by Gasteiger charge is 2.15. The molecular formula is C16H18N2O5S. The summed E-state index contributed by atoms with van der Waals surface area (Å²) in [5, 5.41) is 3.13. The summed E-state index contributed by atoms with van der Waals surface area (Å²) in [6, 6.07) is 4.89. The summed E-state index contributed by atoms with van der Waals surface area (Å²) in [5.41, 5.74) is 1.07. The number of ether oxygens (including phenoxy) is 3. The Morgan fingerprint density at radius 3 is 2.29 bits per heavy atom. The summed E-state index contributed by atoms with van der Waals surface area (Å²) in [6.07, 6.45) is 0.128. The van der Waals surface area contributed by atoms with E-state index >= 15 is 0 Å². The van der Waals surface area contributed by atoms with E-state index in [-0.39, 0.29) is 18.3 Å². The van der Waals surface area contributed by atoms with Crippen LogP contribution in [-0.4, -0.2) is 38.2 Å². The van der Waals surface area contributed by atoms with E-state index in [1.165, 1.54) is 32.7 Å². The Hall–Kier alpha value is -2.61. The standard InChI is InChI=1S/C16H18N2O5S/c1-9-13(8-14(19)23-4)24-16(17-9)18-15(20)10-5-11(21-2)7-12(6-10)22-3/h5-7H,8H2,1-4H3,(H,17,18,20). The molecular weight excluding hydrogens is 332 g/mol. The Labute approximate surface area is 143 Å². The average Bonchev–Trinajstić information content (AvgIpc) is 2.93.